The molecule has 3 aliphatic carbocycles. The van der Waals surface area contributed by atoms with Gasteiger partial charge in [0.05, 0.1) is 26.2 Å². The van der Waals surface area contributed by atoms with Crippen LogP contribution in [0.4, 0.5) is 0 Å². The molecule has 1 fully saturated rings. The van der Waals surface area contributed by atoms with Crippen molar-refractivity contribution in [1.29, 1.82) is 0 Å². The smallest absolute Gasteiger partial charge is 1.00 e. The molecule has 0 aromatic heterocycles. The first-order valence-electron chi connectivity index (χ1n) is 20.9. The van der Waals surface area contributed by atoms with Gasteiger partial charge in [0.15, 0.2) is 7.38 Å². The molecule has 0 N–H and O–H groups in total. The van der Waals surface area contributed by atoms with Crippen LogP contribution in [0.1, 0.15) is 132 Å². The van der Waals surface area contributed by atoms with E-state index in [1.165, 1.54) is 59.3 Å². The molecule has 0 aliphatic heterocycles. The third-order valence-corrected chi connectivity index (χ3v) is 33.8. The van der Waals surface area contributed by atoms with E-state index in [2.05, 4.69) is 151 Å². The molecule has 0 radical (unpaired) electrons. The number of halogens is 3. The minimum Gasteiger partial charge on any atom is 1.00 e. The van der Waals surface area contributed by atoms with Crippen LogP contribution >= 0.6 is 55.1 Å². The second kappa shape index (κ2) is 33.2. The van der Waals surface area contributed by atoms with E-state index in [0.717, 1.165) is 35.1 Å². The summed E-state index contributed by atoms with van der Waals surface area (Å²) in [5.74, 6) is 4.86. The van der Waals surface area contributed by atoms with Gasteiger partial charge in [-0.1, -0.05) is 111 Å². The van der Waals surface area contributed by atoms with Crippen LogP contribution in [0.5, 0.6) is 0 Å². The summed E-state index contributed by atoms with van der Waals surface area (Å²) < 4.78 is 0. The predicted molar refractivity (Wildman–Crippen MR) is 277 cm³/mol. The Hall–Kier alpha value is 2.68. The third-order valence-electron chi connectivity index (χ3n) is 14.0. The summed E-state index contributed by atoms with van der Waals surface area (Å²) in [6.45, 7) is 52.0. The van der Waals surface area contributed by atoms with Crippen LogP contribution in [-0.2, 0) is 13.4 Å². The first kappa shape index (κ1) is 67.8. The van der Waals surface area contributed by atoms with Crippen molar-refractivity contribution in [2.45, 2.75) is 169 Å². The van der Waals surface area contributed by atoms with Gasteiger partial charge in [-0.2, -0.15) is 23.4 Å². The molecule has 0 amide bonds. The van der Waals surface area contributed by atoms with Gasteiger partial charge in [0, 0.05) is 19.0 Å². The molecule has 3 aliphatic rings. The van der Waals surface area contributed by atoms with E-state index in [4.69, 9.17) is 31.2 Å². The zero-order chi connectivity index (χ0) is 42.2. The fourth-order valence-electron chi connectivity index (χ4n) is 9.69. The van der Waals surface area contributed by atoms with Crippen molar-refractivity contribution in [3.05, 3.63) is 52.0 Å². The van der Waals surface area contributed by atoms with Gasteiger partial charge in [-0.25, -0.2) is 0 Å². The second-order valence-electron chi connectivity index (χ2n) is 17.2. The first-order valence-corrected chi connectivity index (χ1v) is 37.5. The van der Waals surface area contributed by atoms with Gasteiger partial charge in [-0.3, -0.25) is 0 Å². The molecule has 0 saturated heterocycles. The zero-order valence-corrected chi connectivity index (χ0v) is 49.3. The summed E-state index contributed by atoms with van der Waals surface area (Å²) in [5.41, 5.74) is 13.8. The van der Waals surface area contributed by atoms with Crippen LogP contribution in [0.15, 0.2) is 44.6 Å². The largest absolute Gasteiger partial charge is 1.00 e. The monoisotopic (exact) mass is 960 g/mol. The number of hydrogen-bond acceptors (Lipinski definition) is 0. The van der Waals surface area contributed by atoms with Crippen LogP contribution in [0.3, 0.4) is 0 Å². The van der Waals surface area contributed by atoms with Crippen LogP contribution in [0.25, 0.3) is 0 Å². The SMILES string of the molecule is C.CC1=C(C)C([Si](C)(C)Cl)C(C)=C1C.CCP(CC)[Si](C)(C)C1C(C)=C(C)C(C)=C1C.CC[P-]CC.CC[PH+](CC)CC1C(C)C(C)C(C)C1C.[CH3-].[Cl][Cr+][Cl].[Li+]. The topological polar surface area (TPSA) is 0 Å². The Kier molecular flexibility index (Phi) is 40.2. The average Bonchev–Trinajstić information content (AvgIpc) is 3.50. The second-order valence-corrected chi connectivity index (χ2v) is 42.5. The van der Waals surface area contributed by atoms with Crippen LogP contribution in [0, 0.1) is 37.0 Å². The Morgan fingerprint density at radius 3 is 1.09 bits per heavy atom. The first-order chi connectivity index (χ1) is 24.4. The van der Waals surface area contributed by atoms with Gasteiger partial charge in [0.2, 0.25) is 0 Å². The van der Waals surface area contributed by atoms with Crippen molar-refractivity contribution in [3.8, 4) is 0 Å². The van der Waals surface area contributed by atoms with Crippen molar-refractivity contribution in [1.82, 2.24) is 0 Å². The van der Waals surface area contributed by atoms with Crippen molar-refractivity contribution in [2.75, 3.05) is 43.1 Å². The van der Waals surface area contributed by atoms with Crippen molar-refractivity contribution in [3.63, 3.8) is 0 Å². The molecule has 4 unspecified atom stereocenters. The van der Waals surface area contributed by atoms with Gasteiger partial charge >= 0.3 is 52.3 Å². The zero-order valence-electron chi connectivity index (χ0n) is 40.9. The summed E-state index contributed by atoms with van der Waals surface area (Å²) in [4.78, 5) is 0. The molecule has 10 heteroatoms. The maximum atomic E-state index is 6.53. The van der Waals surface area contributed by atoms with E-state index in [9.17, 15) is 0 Å². The summed E-state index contributed by atoms with van der Waals surface area (Å²) in [7, 11) is 8.75. The van der Waals surface area contributed by atoms with E-state index in [0.29, 0.717) is 5.54 Å². The molecule has 329 valence electrons. The quantitative estimate of drug-likeness (QED) is 0.0838. The van der Waals surface area contributed by atoms with E-state index < -0.39 is 15.1 Å². The summed E-state index contributed by atoms with van der Waals surface area (Å²) in [5, 5.41) is 0. The maximum absolute atomic E-state index is 6.53. The van der Waals surface area contributed by atoms with Crippen molar-refractivity contribution in [2.24, 2.45) is 29.6 Å². The molecule has 0 nitrogen and oxygen atoms in total. The molecule has 0 spiro atoms. The fraction of sp³-hybridized carbons (Fsp3) is 0.804. The van der Waals surface area contributed by atoms with Gasteiger partial charge in [-0.05, 0) is 133 Å². The minimum atomic E-state index is -1.58. The normalized spacial score (nSPS) is 22.6. The summed E-state index contributed by atoms with van der Waals surface area (Å²) >= 11 is 6.35. The van der Waals surface area contributed by atoms with E-state index in [-0.39, 0.29) is 62.5 Å². The number of allylic oxidation sites excluding steroid dienone is 8. The number of hydrogen-bond donors (Lipinski definition) is 0. The van der Waals surface area contributed by atoms with Crippen molar-refractivity contribution >= 4 is 70.3 Å². The van der Waals surface area contributed by atoms with Crippen molar-refractivity contribution < 1.29 is 32.2 Å². The van der Waals surface area contributed by atoms with Crippen LogP contribution in [-0.4, -0.2) is 58.3 Å². The molecule has 1 saturated carbocycles. The third kappa shape index (κ3) is 19.6. The molecule has 4 atom stereocenters. The number of rotatable bonds is 11. The molecule has 56 heavy (non-hydrogen) atoms. The van der Waals surface area contributed by atoms with E-state index in [1.54, 1.807) is 37.0 Å². The Bertz CT molecular complexity index is 1140. The van der Waals surface area contributed by atoms with E-state index in [1.807, 2.05) is 0 Å². The average molecular weight is 963 g/mol. The van der Waals surface area contributed by atoms with Gasteiger partial charge < -0.3 is 16.0 Å². The fourth-order valence-corrected chi connectivity index (χ4v) is 28.2. The minimum absolute atomic E-state index is 0. The Labute approximate surface area is 393 Å². The molecule has 3 rings (SSSR count). The van der Waals surface area contributed by atoms with E-state index >= 15 is 0 Å². The molecular weight excluding hydrogens is 867 g/mol. The van der Waals surface area contributed by atoms with Crippen LogP contribution < -0.4 is 18.9 Å². The Morgan fingerprint density at radius 2 is 0.893 bits per heavy atom. The summed E-state index contributed by atoms with van der Waals surface area (Å²) in [6.07, 6.45) is 9.99. The Morgan fingerprint density at radius 1 is 0.607 bits per heavy atom. The van der Waals surface area contributed by atoms with Gasteiger partial charge in [0.25, 0.3) is 0 Å². The predicted octanol–water partition coefficient (Wildman–Crippen LogP) is 16.1. The maximum Gasteiger partial charge on any atom is 1.00 e. The van der Waals surface area contributed by atoms with Gasteiger partial charge in [0.1, 0.15) is 0 Å². The molecule has 0 aromatic carbocycles. The summed E-state index contributed by atoms with van der Waals surface area (Å²) in [6, 6.07) is 0. The standard InChI is InChI=1S/C15H29PSi.C14H29P.C11H19ClSi.C4H10P.CH4.CH3.2ClH.Cr.Li/c1-9-16(10-2)17(7,8)15-13(5)11(3)12(4)14(15)6;1-7-15(8-2)9-14-12(5)10(3)11(4)13(14)6;1-7-8(2)10(4)11(9(7)3)13(5,6)12;1-3-5-4-2;;;;;;/h15H,9-10H2,1-8H3;10-14H,7-9H2,1-6H3;11H,1-6H3;3-4H2,1-2H3;1H4;1H3;2*1H;;/q;;;-1;;-1;;;+3;+1/p-1. The molecular formula is C46H95Cl3CrLiP3Si2+. The molecule has 0 aromatic rings. The molecule has 0 bridgehead atoms. The van der Waals surface area contributed by atoms with Crippen LogP contribution in [0.2, 0.25) is 37.3 Å². The van der Waals surface area contributed by atoms with Gasteiger partial charge in [-0.15, -0.1) is 7.47 Å². The Balaban J connectivity index is -0.000000207. The molecule has 0 heterocycles.